The molecule has 4 rings (SSSR count). The maximum absolute atomic E-state index is 9.49. The zero-order valence-corrected chi connectivity index (χ0v) is 18.5. The van der Waals surface area contributed by atoms with Gasteiger partial charge in [0.1, 0.15) is 16.0 Å². The van der Waals surface area contributed by atoms with Crippen LogP contribution >= 0.6 is 22.9 Å². The summed E-state index contributed by atoms with van der Waals surface area (Å²) in [5, 5.41) is 17.4. The first-order chi connectivity index (χ1) is 14.7. The number of methoxy groups -OCH3 is 1. The Balaban J connectivity index is 1.66. The monoisotopic (exact) mass is 447 g/mol. The van der Waals surface area contributed by atoms with Crippen molar-refractivity contribution in [2.45, 2.75) is 31.7 Å². The van der Waals surface area contributed by atoms with E-state index in [0.717, 1.165) is 46.5 Å². The van der Waals surface area contributed by atoms with Gasteiger partial charge in [-0.3, -0.25) is 0 Å². The number of fused-ring (bicyclic) bond motifs is 1. The predicted octanol–water partition coefficient (Wildman–Crippen LogP) is 4.43. The lowest BCUT2D eigenvalue weighted by molar-refractivity contribution is 0.197. The van der Waals surface area contributed by atoms with Crippen LogP contribution in [0.25, 0.3) is 20.8 Å². The van der Waals surface area contributed by atoms with Crippen molar-refractivity contribution in [3.05, 3.63) is 29.4 Å². The molecule has 3 N–H and O–H groups in total. The van der Waals surface area contributed by atoms with E-state index < -0.39 is 0 Å². The van der Waals surface area contributed by atoms with Crippen LogP contribution in [0.15, 0.2) is 24.3 Å². The minimum absolute atomic E-state index is 0.222. The van der Waals surface area contributed by atoms with Crippen molar-refractivity contribution in [2.24, 2.45) is 5.92 Å². The second kappa shape index (κ2) is 9.87. The first kappa shape index (κ1) is 21.2. The first-order valence-electron chi connectivity index (χ1n) is 10.2. The molecule has 160 valence electrons. The number of aliphatic hydroxyl groups excluding tert-OH is 1. The fraction of sp³-hybridized carbons (Fsp3) is 0.476. The van der Waals surface area contributed by atoms with E-state index in [1.54, 1.807) is 18.4 Å². The molecule has 1 aliphatic carbocycles. The summed E-state index contributed by atoms with van der Waals surface area (Å²) in [6.07, 6.45) is 3.75. The molecule has 1 aliphatic rings. The number of halogens is 1. The Kier molecular flexibility index (Phi) is 6.99. The number of hydrogen-bond donors (Lipinski definition) is 3. The van der Waals surface area contributed by atoms with Crippen LogP contribution in [-0.2, 0) is 4.74 Å². The van der Waals surface area contributed by atoms with E-state index in [2.05, 4.69) is 15.6 Å². The average Bonchev–Trinajstić information content (AvgIpc) is 3.37. The number of nitrogens with zero attached hydrogens (tertiary/aromatic N) is 3. The molecule has 7 nitrogen and oxygen atoms in total. The van der Waals surface area contributed by atoms with E-state index in [1.807, 2.05) is 24.3 Å². The molecule has 2 unspecified atom stereocenters. The van der Waals surface area contributed by atoms with Crippen LogP contribution in [0.3, 0.4) is 0 Å². The molecular formula is C21H26ClN5O2S. The average molecular weight is 448 g/mol. The highest BCUT2D eigenvalue weighted by Crippen LogP contribution is 2.39. The lowest BCUT2D eigenvalue weighted by Crippen LogP contribution is -2.19. The van der Waals surface area contributed by atoms with E-state index in [-0.39, 0.29) is 12.6 Å². The van der Waals surface area contributed by atoms with Gasteiger partial charge in [0.15, 0.2) is 0 Å². The van der Waals surface area contributed by atoms with Crippen LogP contribution in [0.2, 0.25) is 5.15 Å². The molecule has 2 atom stereocenters. The molecule has 2 heterocycles. The van der Waals surface area contributed by atoms with Crippen LogP contribution in [0.1, 0.15) is 25.7 Å². The molecule has 1 fully saturated rings. The van der Waals surface area contributed by atoms with Crippen molar-refractivity contribution in [3.8, 4) is 10.6 Å². The van der Waals surface area contributed by atoms with Gasteiger partial charge in [-0.1, -0.05) is 23.7 Å². The van der Waals surface area contributed by atoms with E-state index in [1.165, 1.54) is 0 Å². The van der Waals surface area contributed by atoms with Gasteiger partial charge in [0.05, 0.1) is 15.8 Å². The number of para-hydroxylation sites is 1. The van der Waals surface area contributed by atoms with Gasteiger partial charge in [-0.05, 0) is 43.7 Å². The maximum Gasteiger partial charge on any atom is 0.226 e. The lowest BCUT2D eigenvalue weighted by Gasteiger charge is -2.18. The molecule has 0 bridgehead atoms. The zero-order chi connectivity index (χ0) is 20.9. The van der Waals surface area contributed by atoms with E-state index in [0.29, 0.717) is 36.0 Å². The highest BCUT2D eigenvalue weighted by molar-refractivity contribution is 7.21. The molecule has 1 saturated carbocycles. The molecular weight excluding hydrogens is 422 g/mol. The Bertz CT molecular complexity index is 966. The predicted molar refractivity (Wildman–Crippen MR) is 122 cm³/mol. The number of aromatic nitrogens is 3. The SMILES string of the molecule is COCCCNc1nc(Cl)c(-c2nc3ccccc3s2)c(NC2CCC(CO)C2)n1. The number of thiazole rings is 1. The molecule has 30 heavy (non-hydrogen) atoms. The second-order valence-electron chi connectivity index (χ2n) is 7.52. The standard InChI is InChI=1S/C21H26ClN5O2S/c1-29-10-4-9-23-21-26-18(22)17(20-25-15-5-2-3-6-16(15)30-20)19(27-21)24-14-8-7-13(11-14)12-28/h2-3,5-6,13-14,28H,4,7-12H2,1H3,(H2,23,24,26,27). The van der Waals surface area contributed by atoms with Crippen molar-refractivity contribution >= 4 is 44.9 Å². The smallest absolute Gasteiger partial charge is 0.226 e. The van der Waals surface area contributed by atoms with Crippen LogP contribution in [0.4, 0.5) is 11.8 Å². The number of ether oxygens (including phenoxy) is 1. The minimum atomic E-state index is 0.222. The number of benzene rings is 1. The van der Waals surface area contributed by atoms with Crippen LogP contribution in [-0.4, -0.2) is 53.0 Å². The van der Waals surface area contributed by atoms with Gasteiger partial charge in [0.25, 0.3) is 0 Å². The Morgan fingerprint density at radius 2 is 2.10 bits per heavy atom. The Morgan fingerprint density at radius 1 is 1.23 bits per heavy atom. The van der Waals surface area contributed by atoms with Gasteiger partial charge in [0, 0.05) is 32.9 Å². The van der Waals surface area contributed by atoms with E-state index in [4.69, 9.17) is 26.3 Å². The number of aliphatic hydroxyl groups is 1. The normalized spacial score (nSPS) is 18.8. The van der Waals surface area contributed by atoms with Gasteiger partial charge in [-0.25, -0.2) is 9.97 Å². The quantitative estimate of drug-likeness (QED) is 0.330. The Labute approximate surface area is 184 Å². The van der Waals surface area contributed by atoms with Crippen molar-refractivity contribution in [3.63, 3.8) is 0 Å². The van der Waals surface area contributed by atoms with Gasteiger partial charge in [0.2, 0.25) is 5.95 Å². The third kappa shape index (κ3) is 4.83. The first-order valence-corrected chi connectivity index (χ1v) is 11.4. The van der Waals surface area contributed by atoms with E-state index >= 15 is 0 Å². The zero-order valence-electron chi connectivity index (χ0n) is 16.9. The van der Waals surface area contributed by atoms with Gasteiger partial charge < -0.3 is 20.5 Å². The van der Waals surface area contributed by atoms with Crippen molar-refractivity contribution in [2.75, 3.05) is 37.5 Å². The topological polar surface area (TPSA) is 92.2 Å². The molecule has 9 heteroatoms. The number of hydrogen-bond acceptors (Lipinski definition) is 8. The summed E-state index contributed by atoms with van der Waals surface area (Å²) in [5.41, 5.74) is 1.66. The summed E-state index contributed by atoms with van der Waals surface area (Å²) >= 11 is 8.23. The van der Waals surface area contributed by atoms with Crippen LogP contribution in [0.5, 0.6) is 0 Å². The summed E-state index contributed by atoms with van der Waals surface area (Å²) in [5.74, 6) is 1.50. The van der Waals surface area contributed by atoms with E-state index in [9.17, 15) is 5.11 Å². The summed E-state index contributed by atoms with van der Waals surface area (Å²) < 4.78 is 6.19. The molecule has 0 radical (unpaired) electrons. The minimum Gasteiger partial charge on any atom is -0.396 e. The second-order valence-corrected chi connectivity index (χ2v) is 8.91. The maximum atomic E-state index is 9.49. The van der Waals surface area contributed by atoms with Crippen molar-refractivity contribution < 1.29 is 9.84 Å². The van der Waals surface area contributed by atoms with Gasteiger partial charge in [-0.15, -0.1) is 11.3 Å². The third-order valence-corrected chi connectivity index (χ3v) is 6.65. The summed E-state index contributed by atoms with van der Waals surface area (Å²) in [6, 6.07) is 8.26. The molecule has 0 amide bonds. The largest absolute Gasteiger partial charge is 0.396 e. The van der Waals surface area contributed by atoms with Crippen molar-refractivity contribution in [1.29, 1.82) is 0 Å². The Morgan fingerprint density at radius 3 is 2.87 bits per heavy atom. The molecule has 3 aromatic rings. The highest BCUT2D eigenvalue weighted by Gasteiger charge is 2.27. The summed E-state index contributed by atoms with van der Waals surface area (Å²) in [6.45, 7) is 1.58. The molecule has 0 aliphatic heterocycles. The number of anilines is 2. The summed E-state index contributed by atoms with van der Waals surface area (Å²) in [7, 11) is 1.68. The van der Waals surface area contributed by atoms with Crippen LogP contribution in [0, 0.1) is 5.92 Å². The molecule has 0 spiro atoms. The van der Waals surface area contributed by atoms with Gasteiger partial charge in [-0.2, -0.15) is 4.98 Å². The number of rotatable bonds is 9. The third-order valence-electron chi connectivity index (χ3n) is 5.32. The highest BCUT2D eigenvalue weighted by atomic mass is 35.5. The fourth-order valence-corrected chi connectivity index (χ4v) is 5.10. The van der Waals surface area contributed by atoms with Crippen LogP contribution < -0.4 is 10.6 Å². The number of nitrogens with one attached hydrogen (secondary N) is 2. The van der Waals surface area contributed by atoms with Crippen molar-refractivity contribution in [1.82, 2.24) is 15.0 Å². The lowest BCUT2D eigenvalue weighted by atomic mass is 10.1. The molecule has 1 aromatic carbocycles. The Hall–Kier alpha value is -2.00. The fourth-order valence-electron chi connectivity index (χ4n) is 3.77. The van der Waals surface area contributed by atoms with Gasteiger partial charge >= 0.3 is 0 Å². The molecule has 0 saturated heterocycles. The summed E-state index contributed by atoms with van der Waals surface area (Å²) in [4.78, 5) is 14.0. The molecule has 2 aromatic heterocycles.